The van der Waals surface area contributed by atoms with E-state index in [0.29, 0.717) is 18.4 Å². The largest absolute Gasteiger partial charge is 0.480 e. The van der Waals surface area contributed by atoms with E-state index in [1.165, 1.54) is 5.56 Å². The zero-order valence-corrected chi connectivity index (χ0v) is 16.5. The molecule has 2 aliphatic rings. The Morgan fingerprint density at radius 3 is 2.30 bits per heavy atom. The molecule has 1 aromatic rings. The third-order valence-electron chi connectivity index (χ3n) is 5.61. The number of halogens is 1. The number of hydrogen-bond donors (Lipinski definition) is 3. The van der Waals surface area contributed by atoms with Crippen molar-refractivity contribution >= 4 is 24.3 Å². The number of nitrogens with zero attached hydrogens (tertiary/aromatic N) is 1. The first-order valence-corrected chi connectivity index (χ1v) is 9.67. The van der Waals surface area contributed by atoms with E-state index in [0.717, 1.165) is 58.4 Å². The molecular weight excluding hydrogens is 366 g/mol. The number of amides is 1. The second-order valence-corrected chi connectivity index (χ2v) is 7.44. The van der Waals surface area contributed by atoms with Gasteiger partial charge in [-0.25, -0.2) is 4.79 Å². The maximum Gasteiger partial charge on any atom is 0.329 e. The van der Waals surface area contributed by atoms with Crippen LogP contribution in [0.2, 0.25) is 0 Å². The number of nitrogens with one attached hydrogen (secondary N) is 2. The van der Waals surface area contributed by atoms with Crippen molar-refractivity contribution in [3.8, 4) is 0 Å². The van der Waals surface area contributed by atoms with Gasteiger partial charge in [0.25, 0.3) is 5.91 Å². The zero-order valence-electron chi connectivity index (χ0n) is 15.7. The summed E-state index contributed by atoms with van der Waals surface area (Å²) in [5.41, 5.74) is 0.629. The van der Waals surface area contributed by atoms with Crippen molar-refractivity contribution in [1.29, 1.82) is 0 Å². The molecule has 1 aromatic carbocycles. The highest BCUT2D eigenvalue weighted by molar-refractivity contribution is 5.97. The number of carboxylic acids is 1. The predicted octanol–water partition coefficient (Wildman–Crippen LogP) is 2.07. The number of piperazine rings is 1. The summed E-state index contributed by atoms with van der Waals surface area (Å²) in [7, 11) is 0. The molecule has 150 valence electrons. The number of benzene rings is 1. The summed E-state index contributed by atoms with van der Waals surface area (Å²) >= 11 is 0. The Bertz CT molecular complexity index is 624. The van der Waals surface area contributed by atoms with Gasteiger partial charge in [-0.05, 0) is 37.0 Å². The van der Waals surface area contributed by atoms with Gasteiger partial charge in [-0.2, -0.15) is 0 Å². The van der Waals surface area contributed by atoms with Crippen LogP contribution >= 0.6 is 12.4 Å². The lowest BCUT2D eigenvalue weighted by Crippen LogP contribution is -2.55. The lowest BCUT2D eigenvalue weighted by molar-refractivity contribution is -0.145. The van der Waals surface area contributed by atoms with E-state index in [9.17, 15) is 14.7 Å². The fourth-order valence-corrected chi connectivity index (χ4v) is 3.88. The van der Waals surface area contributed by atoms with Gasteiger partial charge >= 0.3 is 5.97 Å². The molecule has 1 aliphatic heterocycles. The van der Waals surface area contributed by atoms with Gasteiger partial charge in [0, 0.05) is 38.3 Å². The third-order valence-corrected chi connectivity index (χ3v) is 5.61. The van der Waals surface area contributed by atoms with Crippen LogP contribution in [0.15, 0.2) is 24.3 Å². The third kappa shape index (κ3) is 5.67. The van der Waals surface area contributed by atoms with Gasteiger partial charge in [0.2, 0.25) is 0 Å². The van der Waals surface area contributed by atoms with Crippen LogP contribution in [0.4, 0.5) is 0 Å². The first kappa shape index (κ1) is 21.7. The second kappa shape index (κ2) is 10.1. The SMILES string of the molecule is Cl.O=C(NC1(C(=O)O)CCCCC1)c1ccc(CCN2CCNCC2)cc1. The highest BCUT2D eigenvalue weighted by atomic mass is 35.5. The monoisotopic (exact) mass is 395 g/mol. The standard InChI is InChI=1S/C20H29N3O3.ClH/c24-18(22-20(19(25)26)9-2-1-3-10-20)17-6-4-16(5-7-17)8-13-23-14-11-21-12-15-23;/h4-7,21H,1-3,8-15H2,(H,22,24)(H,25,26);1H. The molecule has 0 unspecified atom stereocenters. The number of carbonyl (C=O) groups is 2. The second-order valence-electron chi connectivity index (χ2n) is 7.44. The van der Waals surface area contributed by atoms with Gasteiger partial charge < -0.3 is 20.6 Å². The smallest absolute Gasteiger partial charge is 0.329 e. The molecule has 0 spiro atoms. The van der Waals surface area contributed by atoms with E-state index < -0.39 is 11.5 Å². The summed E-state index contributed by atoms with van der Waals surface area (Å²) in [4.78, 5) is 26.7. The normalized spacial score (nSPS) is 19.7. The molecule has 1 saturated heterocycles. The average Bonchev–Trinajstić information content (AvgIpc) is 2.68. The Kier molecular flexibility index (Phi) is 8.07. The lowest BCUT2D eigenvalue weighted by Gasteiger charge is -2.34. The van der Waals surface area contributed by atoms with E-state index in [2.05, 4.69) is 15.5 Å². The Labute approximate surface area is 167 Å². The minimum atomic E-state index is -1.10. The Morgan fingerprint density at radius 2 is 1.70 bits per heavy atom. The quantitative estimate of drug-likeness (QED) is 0.687. The van der Waals surface area contributed by atoms with Crippen LogP contribution in [0.1, 0.15) is 48.0 Å². The number of hydrogen-bond acceptors (Lipinski definition) is 4. The minimum Gasteiger partial charge on any atom is -0.480 e. The predicted molar refractivity (Wildman–Crippen MR) is 108 cm³/mol. The average molecular weight is 396 g/mol. The molecule has 1 heterocycles. The Morgan fingerprint density at radius 1 is 1.07 bits per heavy atom. The van der Waals surface area contributed by atoms with E-state index in [1.54, 1.807) is 12.1 Å². The molecule has 0 radical (unpaired) electrons. The van der Waals surface area contributed by atoms with Crippen molar-refractivity contribution in [3.05, 3.63) is 35.4 Å². The molecule has 7 heteroatoms. The molecule has 1 saturated carbocycles. The summed E-state index contributed by atoms with van der Waals surface area (Å²) < 4.78 is 0. The molecule has 3 rings (SSSR count). The van der Waals surface area contributed by atoms with Gasteiger partial charge in [0.15, 0.2) is 0 Å². The molecule has 3 N–H and O–H groups in total. The zero-order chi connectivity index (χ0) is 18.4. The molecule has 2 fully saturated rings. The van der Waals surface area contributed by atoms with Crippen LogP contribution in [-0.2, 0) is 11.2 Å². The summed E-state index contributed by atoms with van der Waals surface area (Å²) in [6, 6.07) is 7.57. The maximum absolute atomic E-state index is 12.5. The van der Waals surface area contributed by atoms with Crippen molar-refractivity contribution in [3.63, 3.8) is 0 Å². The summed E-state index contributed by atoms with van der Waals surface area (Å²) in [5.74, 6) is -1.21. The van der Waals surface area contributed by atoms with E-state index in [1.807, 2.05) is 12.1 Å². The first-order chi connectivity index (χ1) is 12.6. The molecule has 27 heavy (non-hydrogen) atoms. The Hall–Kier alpha value is -1.63. The number of rotatable bonds is 6. The Balaban J connectivity index is 0.00000261. The van der Waals surface area contributed by atoms with Crippen molar-refractivity contribution in [2.24, 2.45) is 0 Å². The van der Waals surface area contributed by atoms with Gasteiger partial charge in [-0.1, -0.05) is 31.4 Å². The van der Waals surface area contributed by atoms with Crippen molar-refractivity contribution < 1.29 is 14.7 Å². The summed E-state index contributed by atoms with van der Waals surface area (Å²) in [6.07, 6.45) is 4.70. The van der Waals surface area contributed by atoms with Gasteiger partial charge in [0.05, 0.1) is 0 Å². The highest BCUT2D eigenvalue weighted by Gasteiger charge is 2.41. The number of carboxylic acid groups (broad SMARTS) is 1. The number of aliphatic carboxylic acids is 1. The molecule has 6 nitrogen and oxygen atoms in total. The lowest BCUT2D eigenvalue weighted by atomic mass is 9.81. The van der Waals surface area contributed by atoms with Crippen molar-refractivity contribution in [2.75, 3.05) is 32.7 Å². The van der Waals surface area contributed by atoms with Crippen LogP contribution in [0, 0.1) is 0 Å². The maximum atomic E-state index is 12.5. The van der Waals surface area contributed by atoms with E-state index in [4.69, 9.17) is 0 Å². The van der Waals surface area contributed by atoms with Crippen LogP contribution in [0.5, 0.6) is 0 Å². The molecule has 0 bridgehead atoms. The fraction of sp³-hybridized carbons (Fsp3) is 0.600. The van der Waals surface area contributed by atoms with Crippen LogP contribution in [0.25, 0.3) is 0 Å². The van der Waals surface area contributed by atoms with Gasteiger partial charge in [-0.3, -0.25) is 4.79 Å². The van der Waals surface area contributed by atoms with Crippen molar-refractivity contribution in [2.45, 2.75) is 44.1 Å². The van der Waals surface area contributed by atoms with Crippen LogP contribution in [-0.4, -0.2) is 60.1 Å². The number of carbonyl (C=O) groups excluding carboxylic acids is 1. The minimum absolute atomic E-state index is 0. The topological polar surface area (TPSA) is 81.7 Å². The molecular formula is C20H30ClN3O3. The van der Waals surface area contributed by atoms with Crippen LogP contribution in [0.3, 0.4) is 0 Å². The van der Waals surface area contributed by atoms with E-state index >= 15 is 0 Å². The van der Waals surface area contributed by atoms with Gasteiger partial charge in [-0.15, -0.1) is 12.4 Å². The summed E-state index contributed by atoms with van der Waals surface area (Å²) in [6.45, 7) is 5.28. The van der Waals surface area contributed by atoms with Crippen LogP contribution < -0.4 is 10.6 Å². The highest BCUT2D eigenvalue weighted by Crippen LogP contribution is 2.29. The molecule has 1 amide bonds. The molecule has 1 aliphatic carbocycles. The molecule has 0 aromatic heterocycles. The van der Waals surface area contributed by atoms with Crippen molar-refractivity contribution in [1.82, 2.24) is 15.5 Å². The molecule has 0 atom stereocenters. The van der Waals surface area contributed by atoms with Gasteiger partial charge in [0.1, 0.15) is 5.54 Å². The fourth-order valence-electron chi connectivity index (χ4n) is 3.88. The summed E-state index contributed by atoms with van der Waals surface area (Å²) in [5, 5.41) is 15.7. The van der Waals surface area contributed by atoms with E-state index in [-0.39, 0.29) is 18.3 Å². The first-order valence-electron chi connectivity index (χ1n) is 9.67.